The summed E-state index contributed by atoms with van der Waals surface area (Å²) in [5, 5.41) is 0. The number of nitrogens with zero attached hydrogens (tertiary/aromatic N) is 1. The first-order chi connectivity index (χ1) is 4.74. The van der Waals surface area contributed by atoms with Gasteiger partial charge in [-0.25, -0.2) is 0 Å². The van der Waals surface area contributed by atoms with Gasteiger partial charge in [-0.1, -0.05) is 6.92 Å². The minimum Gasteiger partial charge on any atom is -0.341 e. The Morgan fingerprint density at radius 2 is 2.50 bits per heavy atom. The van der Waals surface area contributed by atoms with E-state index in [0.29, 0.717) is 6.42 Å². The zero-order chi connectivity index (χ0) is 7.56. The van der Waals surface area contributed by atoms with Crippen LogP contribution in [0.5, 0.6) is 0 Å². The van der Waals surface area contributed by atoms with Crippen molar-refractivity contribution in [1.82, 2.24) is 4.90 Å². The van der Waals surface area contributed by atoms with Crippen LogP contribution in [0.4, 0.5) is 0 Å². The Kier molecular flexibility index (Phi) is 2.27. The fraction of sp³-hybridized carbons (Fsp3) is 0.857. The zero-order valence-corrected chi connectivity index (χ0v) is 6.34. The minimum atomic E-state index is 0.0825. The molecule has 1 aliphatic heterocycles. The Morgan fingerprint density at radius 1 is 1.80 bits per heavy atom. The Bertz CT molecular complexity index is 136. The molecule has 0 spiro atoms. The lowest BCUT2D eigenvalue weighted by molar-refractivity contribution is -0.127. The molecule has 0 aliphatic carbocycles. The van der Waals surface area contributed by atoms with E-state index in [0.717, 1.165) is 19.5 Å². The molecule has 0 aromatic heterocycles. The number of carbonyl (C=O) groups is 1. The molecule has 1 heterocycles. The van der Waals surface area contributed by atoms with Gasteiger partial charge >= 0.3 is 0 Å². The smallest absolute Gasteiger partial charge is 0.224 e. The van der Waals surface area contributed by atoms with E-state index in [1.54, 1.807) is 0 Å². The van der Waals surface area contributed by atoms with Crippen LogP contribution in [0.2, 0.25) is 0 Å². The number of nitrogens with two attached hydrogens (primary N) is 1. The van der Waals surface area contributed by atoms with Gasteiger partial charge in [0.15, 0.2) is 0 Å². The molecule has 0 aromatic rings. The molecular formula is C7H14N2O. The second-order valence-corrected chi connectivity index (χ2v) is 2.80. The largest absolute Gasteiger partial charge is 0.341 e. The summed E-state index contributed by atoms with van der Waals surface area (Å²) in [7, 11) is 0. The fourth-order valence-electron chi connectivity index (χ4n) is 1.29. The standard InChI is InChI=1S/C7H14N2O/c1-2-3-9-5-6(8)4-7(9)10/h6H,2-5,8H2,1H3/t6-/m0/s1. The van der Waals surface area contributed by atoms with Crippen LogP contribution in [0, 0.1) is 0 Å². The normalized spacial score (nSPS) is 26.0. The highest BCUT2D eigenvalue weighted by Crippen LogP contribution is 2.08. The van der Waals surface area contributed by atoms with Crippen LogP contribution in [-0.4, -0.2) is 29.9 Å². The minimum absolute atomic E-state index is 0.0825. The third-order valence-corrected chi connectivity index (χ3v) is 1.74. The second-order valence-electron chi connectivity index (χ2n) is 2.80. The molecule has 2 N–H and O–H groups in total. The summed E-state index contributed by atoms with van der Waals surface area (Å²) in [5.74, 6) is 0.217. The molecule has 0 saturated carbocycles. The monoisotopic (exact) mass is 142 g/mol. The van der Waals surface area contributed by atoms with Crippen molar-refractivity contribution >= 4 is 5.91 Å². The second kappa shape index (κ2) is 3.01. The van der Waals surface area contributed by atoms with E-state index in [4.69, 9.17) is 5.73 Å². The summed E-state index contributed by atoms with van der Waals surface area (Å²) in [6, 6.07) is 0.0825. The van der Waals surface area contributed by atoms with Crippen LogP contribution in [0.25, 0.3) is 0 Å². The van der Waals surface area contributed by atoms with Crippen LogP contribution in [-0.2, 0) is 4.79 Å². The van der Waals surface area contributed by atoms with Gasteiger partial charge in [-0.3, -0.25) is 4.79 Å². The fourth-order valence-corrected chi connectivity index (χ4v) is 1.29. The number of amides is 1. The van der Waals surface area contributed by atoms with Gasteiger partial charge in [0.1, 0.15) is 0 Å². The predicted molar refractivity (Wildman–Crippen MR) is 39.5 cm³/mol. The molecule has 0 unspecified atom stereocenters. The van der Waals surface area contributed by atoms with Gasteiger partial charge in [0.25, 0.3) is 0 Å². The van der Waals surface area contributed by atoms with Crippen LogP contribution in [0.3, 0.4) is 0 Å². The Labute approximate surface area is 61.2 Å². The summed E-state index contributed by atoms with van der Waals surface area (Å²) >= 11 is 0. The number of likely N-dealkylation sites (tertiary alicyclic amines) is 1. The van der Waals surface area contributed by atoms with Gasteiger partial charge in [0, 0.05) is 25.6 Å². The lowest BCUT2D eigenvalue weighted by Gasteiger charge is -2.13. The van der Waals surface area contributed by atoms with E-state index < -0.39 is 0 Å². The van der Waals surface area contributed by atoms with E-state index >= 15 is 0 Å². The van der Waals surface area contributed by atoms with Crippen molar-refractivity contribution < 1.29 is 4.79 Å². The average Bonchev–Trinajstić information content (AvgIpc) is 2.13. The first-order valence-electron chi connectivity index (χ1n) is 3.77. The molecule has 0 radical (unpaired) electrons. The van der Waals surface area contributed by atoms with Crippen molar-refractivity contribution in [3.63, 3.8) is 0 Å². The topological polar surface area (TPSA) is 46.3 Å². The van der Waals surface area contributed by atoms with E-state index in [-0.39, 0.29) is 11.9 Å². The van der Waals surface area contributed by atoms with Crippen molar-refractivity contribution in [1.29, 1.82) is 0 Å². The number of hydrogen-bond donors (Lipinski definition) is 1. The first kappa shape index (κ1) is 7.54. The first-order valence-corrected chi connectivity index (χ1v) is 3.77. The molecule has 3 nitrogen and oxygen atoms in total. The van der Waals surface area contributed by atoms with Crippen LogP contribution in [0.15, 0.2) is 0 Å². The Hall–Kier alpha value is -0.570. The number of hydrogen-bond acceptors (Lipinski definition) is 2. The predicted octanol–water partition coefficient (Wildman–Crippen LogP) is -0.0440. The van der Waals surface area contributed by atoms with E-state index in [9.17, 15) is 4.79 Å². The molecule has 3 heteroatoms. The maximum absolute atomic E-state index is 11.0. The molecule has 1 saturated heterocycles. The highest BCUT2D eigenvalue weighted by molar-refractivity contribution is 5.79. The van der Waals surface area contributed by atoms with Crippen LogP contribution in [0.1, 0.15) is 19.8 Å². The van der Waals surface area contributed by atoms with Crippen molar-refractivity contribution in [2.45, 2.75) is 25.8 Å². The van der Waals surface area contributed by atoms with Gasteiger partial charge < -0.3 is 10.6 Å². The molecule has 1 aliphatic rings. The van der Waals surface area contributed by atoms with Crippen molar-refractivity contribution in [2.24, 2.45) is 5.73 Å². The average molecular weight is 142 g/mol. The molecule has 1 amide bonds. The third-order valence-electron chi connectivity index (χ3n) is 1.74. The molecule has 1 fully saturated rings. The summed E-state index contributed by atoms with van der Waals surface area (Å²) in [6.45, 7) is 3.69. The molecule has 0 bridgehead atoms. The van der Waals surface area contributed by atoms with Gasteiger partial charge in [0.2, 0.25) is 5.91 Å². The van der Waals surface area contributed by atoms with Crippen molar-refractivity contribution in [3.8, 4) is 0 Å². The highest BCUT2D eigenvalue weighted by Gasteiger charge is 2.25. The van der Waals surface area contributed by atoms with Gasteiger partial charge in [-0.2, -0.15) is 0 Å². The number of rotatable bonds is 2. The Balaban J connectivity index is 2.39. The molecule has 1 rings (SSSR count). The van der Waals surface area contributed by atoms with E-state index in [1.807, 2.05) is 4.90 Å². The highest BCUT2D eigenvalue weighted by atomic mass is 16.2. The molecule has 58 valence electrons. The zero-order valence-electron chi connectivity index (χ0n) is 6.34. The molecule has 1 atom stereocenters. The van der Waals surface area contributed by atoms with E-state index in [2.05, 4.69) is 6.92 Å². The molecular weight excluding hydrogens is 128 g/mol. The van der Waals surface area contributed by atoms with Crippen LogP contribution < -0.4 is 5.73 Å². The quantitative estimate of drug-likeness (QED) is 0.588. The maximum Gasteiger partial charge on any atom is 0.224 e. The Morgan fingerprint density at radius 3 is 2.90 bits per heavy atom. The van der Waals surface area contributed by atoms with Crippen molar-refractivity contribution in [3.05, 3.63) is 0 Å². The summed E-state index contributed by atoms with van der Waals surface area (Å²) < 4.78 is 0. The SMILES string of the molecule is CCCN1C[C@@H](N)CC1=O. The lowest BCUT2D eigenvalue weighted by Crippen LogP contribution is -2.28. The van der Waals surface area contributed by atoms with Gasteiger partial charge in [0.05, 0.1) is 0 Å². The van der Waals surface area contributed by atoms with Gasteiger partial charge in [-0.15, -0.1) is 0 Å². The maximum atomic E-state index is 11.0. The van der Waals surface area contributed by atoms with Crippen LogP contribution >= 0.6 is 0 Å². The number of carbonyl (C=O) groups excluding carboxylic acids is 1. The summed E-state index contributed by atoms with van der Waals surface area (Å²) in [6.07, 6.45) is 1.57. The van der Waals surface area contributed by atoms with E-state index in [1.165, 1.54) is 0 Å². The molecule has 0 aromatic carbocycles. The summed E-state index contributed by atoms with van der Waals surface area (Å²) in [4.78, 5) is 12.9. The van der Waals surface area contributed by atoms with Gasteiger partial charge in [-0.05, 0) is 6.42 Å². The molecule has 10 heavy (non-hydrogen) atoms. The van der Waals surface area contributed by atoms with Crippen molar-refractivity contribution in [2.75, 3.05) is 13.1 Å². The lowest BCUT2D eigenvalue weighted by atomic mass is 10.3. The summed E-state index contributed by atoms with van der Waals surface area (Å²) in [5.41, 5.74) is 5.58. The third kappa shape index (κ3) is 1.48.